The number of benzene rings is 3. The molecule has 6 unspecified atom stereocenters. The molecule has 8 N–H and O–H groups in total. The van der Waals surface area contributed by atoms with Crippen LogP contribution in [0.1, 0.15) is 22.8 Å². The van der Waals surface area contributed by atoms with Crippen LogP contribution in [0.4, 0.5) is 0 Å². The SMILES string of the molecule is COc1cc(C2[OH+]c3cc(O)cc(O)c3C=C2OC2OC(COC(=O)C=Cc3ccc(O)cc3)C(O)C(O)C2O)ccc1O. The van der Waals surface area contributed by atoms with E-state index in [4.69, 9.17) is 18.9 Å². The number of aromatic hydroxyl groups is 5. The number of phenolic OH excluding ortho intramolecular Hbond substituents is 4. The Kier molecular flexibility index (Phi) is 8.83. The number of methoxy groups -OCH3 is 1. The first-order valence-corrected chi connectivity index (χ1v) is 13.4. The van der Waals surface area contributed by atoms with Crippen LogP contribution in [-0.4, -0.2) is 90.9 Å². The Labute approximate surface area is 250 Å². The minimum absolute atomic E-state index is 0.0337. The molecular formula is C31H31O13+. The Morgan fingerprint density at radius 2 is 1.66 bits per heavy atom. The van der Waals surface area contributed by atoms with Crippen LogP contribution in [0.5, 0.6) is 34.5 Å². The first-order valence-electron chi connectivity index (χ1n) is 13.4. The summed E-state index contributed by atoms with van der Waals surface area (Å²) in [6, 6.07) is 12.9. The maximum Gasteiger partial charge on any atom is 0.330 e. The van der Waals surface area contributed by atoms with Gasteiger partial charge in [-0.1, -0.05) is 12.1 Å². The molecule has 0 saturated carbocycles. The van der Waals surface area contributed by atoms with Crippen LogP contribution in [0.15, 0.2) is 66.4 Å². The van der Waals surface area contributed by atoms with Crippen LogP contribution < -0.4 is 4.74 Å². The van der Waals surface area contributed by atoms with Crippen LogP contribution in [0.3, 0.4) is 0 Å². The van der Waals surface area contributed by atoms with Gasteiger partial charge in [-0.3, -0.25) is 0 Å². The predicted octanol–water partition coefficient (Wildman–Crippen LogP) is 1.94. The molecular weight excluding hydrogens is 580 g/mol. The van der Waals surface area contributed by atoms with Gasteiger partial charge in [0, 0.05) is 18.2 Å². The fourth-order valence-corrected chi connectivity index (χ4v) is 4.74. The first kappa shape index (κ1) is 30.5. The number of aliphatic hydroxyl groups is 4. The number of phenols is 4. The van der Waals surface area contributed by atoms with E-state index in [0.29, 0.717) is 11.1 Å². The van der Waals surface area contributed by atoms with Gasteiger partial charge < -0.3 is 59.4 Å². The lowest BCUT2D eigenvalue weighted by Crippen LogP contribution is -2.59. The largest absolute Gasteiger partial charge is 0.571 e. The van der Waals surface area contributed by atoms with Crippen molar-refractivity contribution < 1.29 is 64.2 Å². The van der Waals surface area contributed by atoms with Crippen molar-refractivity contribution in [2.45, 2.75) is 36.8 Å². The zero-order chi connectivity index (χ0) is 31.5. The second-order valence-electron chi connectivity index (χ2n) is 10.1. The van der Waals surface area contributed by atoms with E-state index in [0.717, 1.165) is 12.1 Å². The minimum atomic E-state index is -1.75. The Hall–Kier alpha value is -4.95. The van der Waals surface area contributed by atoms with Crippen molar-refractivity contribution in [2.75, 3.05) is 13.7 Å². The number of hydrogen-bond donors (Lipinski definition) is 7. The third-order valence-corrected chi connectivity index (χ3v) is 7.08. The van der Waals surface area contributed by atoms with E-state index >= 15 is 0 Å². The smallest absolute Gasteiger partial charge is 0.330 e. The van der Waals surface area contributed by atoms with E-state index in [9.17, 15) is 40.5 Å². The van der Waals surface area contributed by atoms with Crippen molar-refractivity contribution in [3.63, 3.8) is 0 Å². The number of esters is 1. The highest BCUT2D eigenvalue weighted by Gasteiger charge is 2.47. The van der Waals surface area contributed by atoms with Gasteiger partial charge in [0.05, 0.1) is 18.7 Å². The lowest BCUT2D eigenvalue weighted by molar-refractivity contribution is -0.296. The molecule has 0 aromatic heterocycles. The number of fused-ring (bicyclic) bond motifs is 1. The number of ether oxygens (including phenoxy) is 5. The molecule has 3 aromatic rings. The quantitative estimate of drug-likeness (QED) is 0.111. The Morgan fingerprint density at radius 3 is 2.39 bits per heavy atom. The average molecular weight is 612 g/mol. The van der Waals surface area contributed by atoms with Gasteiger partial charge in [-0.2, -0.15) is 0 Å². The summed E-state index contributed by atoms with van der Waals surface area (Å²) in [6.45, 7) is -0.505. The number of carbonyl (C=O) groups excluding carboxylic acids is 1. The van der Waals surface area contributed by atoms with Crippen molar-refractivity contribution in [1.82, 2.24) is 0 Å². The lowest BCUT2D eigenvalue weighted by atomic mass is 9.98. The Bertz CT molecular complexity index is 1570. The summed E-state index contributed by atoms with van der Waals surface area (Å²) < 4.78 is 26.7. The molecule has 1 fully saturated rings. The van der Waals surface area contributed by atoms with E-state index in [-0.39, 0.29) is 45.8 Å². The highest BCUT2D eigenvalue weighted by molar-refractivity contribution is 5.87. The maximum atomic E-state index is 12.3. The molecule has 6 atom stereocenters. The zero-order valence-electron chi connectivity index (χ0n) is 23.2. The van der Waals surface area contributed by atoms with Crippen molar-refractivity contribution in [3.8, 4) is 34.5 Å². The van der Waals surface area contributed by atoms with Crippen molar-refractivity contribution in [2.24, 2.45) is 0 Å². The van der Waals surface area contributed by atoms with E-state index in [1.807, 2.05) is 0 Å². The predicted molar refractivity (Wildman–Crippen MR) is 153 cm³/mol. The van der Waals surface area contributed by atoms with Gasteiger partial charge in [0.15, 0.2) is 17.3 Å². The highest BCUT2D eigenvalue weighted by atomic mass is 16.7. The second-order valence-corrected chi connectivity index (χ2v) is 10.1. The van der Waals surface area contributed by atoms with E-state index in [2.05, 4.69) is 4.74 Å². The van der Waals surface area contributed by atoms with Crippen LogP contribution in [0, 0.1) is 0 Å². The molecule has 0 radical (unpaired) electrons. The first-order chi connectivity index (χ1) is 21.0. The third-order valence-electron chi connectivity index (χ3n) is 7.08. The van der Waals surface area contributed by atoms with Gasteiger partial charge in [-0.05, 0) is 42.0 Å². The molecule has 13 nitrogen and oxygen atoms in total. The molecule has 0 spiro atoms. The number of aliphatic hydroxyl groups excluding tert-OH is 3. The van der Waals surface area contributed by atoms with Gasteiger partial charge >= 0.3 is 5.97 Å². The van der Waals surface area contributed by atoms with Crippen molar-refractivity contribution in [1.29, 1.82) is 0 Å². The van der Waals surface area contributed by atoms with Gasteiger partial charge in [0.2, 0.25) is 6.29 Å². The van der Waals surface area contributed by atoms with E-state index < -0.39 is 49.4 Å². The van der Waals surface area contributed by atoms with Crippen LogP contribution >= 0.6 is 0 Å². The topological polar surface area (TPSA) is 208 Å². The molecule has 2 aliphatic rings. The number of rotatable bonds is 8. The molecule has 2 aliphatic heterocycles. The molecule has 0 bridgehead atoms. The Balaban J connectivity index is 1.36. The standard InChI is InChI=1S/C31H30O13/c1-40-23-10-16(5-8-20(23)34)30-24(13-19-21(35)11-18(33)12-22(19)42-30)43-31-29(39)28(38)27(37)25(44-31)14-41-26(36)9-4-15-2-6-17(32)7-3-15/h2-13,25,27-35,37-39H,14H2,1H3/p+1. The van der Waals surface area contributed by atoms with Gasteiger partial charge in [0.1, 0.15) is 53.8 Å². The molecule has 5 rings (SSSR count). The summed E-state index contributed by atoms with van der Waals surface area (Å²) in [5.41, 5.74) is 1.27. The summed E-state index contributed by atoms with van der Waals surface area (Å²) in [7, 11) is 1.37. The van der Waals surface area contributed by atoms with E-state index in [1.54, 1.807) is 18.2 Å². The van der Waals surface area contributed by atoms with Crippen LogP contribution in [0.25, 0.3) is 12.2 Å². The van der Waals surface area contributed by atoms with Gasteiger partial charge in [0.25, 0.3) is 11.9 Å². The normalized spacial score (nSPS) is 24.6. The molecule has 1 saturated heterocycles. The maximum absolute atomic E-state index is 12.3. The summed E-state index contributed by atoms with van der Waals surface area (Å²) in [4.78, 5) is 12.3. The van der Waals surface area contributed by atoms with Crippen molar-refractivity contribution >= 4 is 18.1 Å². The molecule has 232 valence electrons. The van der Waals surface area contributed by atoms with Crippen LogP contribution in [0.2, 0.25) is 0 Å². The monoisotopic (exact) mass is 611 g/mol. The average Bonchev–Trinajstić information content (AvgIpc) is 3.00. The summed E-state index contributed by atoms with van der Waals surface area (Å²) in [5.74, 6) is -0.997. The summed E-state index contributed by atoms with van der Waals surface area (Å²) >= 11 is 0. The van der Waals surface area contributed by atoms with E-state index in [1.165, 1.54) is 49.6 Å². The summed E-state index contributed by atoms with van der Waals surface area (Å²) in [5, 5.41) is 71.8. The Morgan fingerprint density at radius 1 is 0.909 bits per heavy atom. The summed E-state index contributed by atoms with van der Waals surface area (Å²) in [6.07, 6.45) is -5.01. The van der Waals surface area contributed by atoms with Gasteiger partial charge in [-0.15, -0.1) is 0 Å². The molecule has 0 amide bonds. The minimum Gasteiger partial charge on any atom is -0.571 e. The lowest BCUT2D eigenvalue weighted by Gasteiger charge is -2.40. The molecule has 0 aliphatic carbocycles. The number of carbonyl (C=O) groups is 1. The zero-order valence-corrected chi connectivity index (χ0v) is 23.2. The number of hydrogen-bond acceptors (Lipinski definition) is 12. The fourth-order valence-electron chi connectivity index (χ4n) is 4.74. The second kappa shape index (κ2) is 12.7. The molecule has 3 aromatic carbocycles. The van der Waals surface area contributed by atoms with Crippen molar-refractivity contribution in [3.05, 3.63) is 83.1 Å². The molecule has 44 heavy (non-hydrogen) atoms. The van der Waals surface area contributed by atoms with Gasteiger partial charge in [-0.25, -0.2) is 4.79 Å². The molecule has 13 heteroatoms. The third kappa shape index (κ3) is 6.50. The molecule has 2 heterocycles. The highest BCUT2D eigenvalue weighted by Crippen LogP contribution is 2.46. The fraction of sp³-hybridized carbons (Fsp3) is 0.258. The van der Waals surface area contributed by atoms with Crippen LogP contribution in [-0.2, 0) is 19.0 Å².